The minimum atomic E-state index is -0.605. The zero-order valence-corrected chi connectivity index (χ0v) is 7.47. The maximum absolute atomic E-state index is 5.32. The molecule has 0 aliphatic carbocycles. The van der Waals surface area contributed by atoms with E-state index < -0.39 is 6.92 Å². The van der Waals surface area contributed by atoms with Crippen LogP contribution in [0.5, 0.6) is 0 Å². The monoisotopic (exact) mass is 151 g/mol. The molecule has 1 unspecified atom stereocenters. The van der Waals surface area contributed by atoms with Crippen LogP contribution in [0.25, 0.3) is 0 Å². The molecule has 1 nitrogen and oxygen atoms in total. The van der Waals surface area contributed by atoms with Crippen molar-refractivity contribution in [3.63, 3.8) is 0 Å². The van der Waals surface area contributed by atoms with Gasteiger partial charge in [-0.15, -0.1) is 0 Å². The fraction of sp³-hybridized carbons (Fsp3) is 1.00. The van der Waals surface area contributed by atoms with E-state index in [1.807, 2.05) is 27.4 Å². The minimum Gasteiger partial charge on any atom is -0.163 e. The van der Waals surface area contributed by atoms with Crippen LogP contribution in [0.1, 0.15) is 20.8 Å². The number of hydrogen-bond acceptors (Lipinski definition) is 2. The maximum atomic E-state index is 5.32. The number of rotatable bonds is 1. The minimum absolute atomic E-state index is 0.0534. The Morgan fingerprint density at radius 1 is 1.38 bits per heavy atom. The third-order valence-corrected chi connectivity index (χ3v) is 1.43. The van der Waals surface area contributed by atoms with Crippen LogP contribution < -0.4 is 0 Å². The van der Waals surface area contributed by atoms with Crippen LogP contribution in [0.2, 0.25) is 0 Å². The van der Waals surface area contributed by atoms with Crippen LogP contribution in [-0.2, 0) is 16.3 Å². The molecule has 0 amide bonds. The van der Waals surface area contributed by atoms with Crippen molar-refractivity contribution in [2.24, 2.45) is 0 Å². The molecule has 0 saturated heterocycles. The summed E-state index contributed by atoms with van der Waals surface area (Å²) in [5.41, 5.74) is -0.0534. The third kappa shape index (κ3) is 6.48. The molecular formula is C5H12OPS+. The van der Waals surface area contributed by atoms with Crippen molar-refractivity contribution in [3.8, 4) is 0 Å². The van der Waals surface area contributed by atoms with Crippen molar-refractivity contribution in [2.75, 3.05) is 6.66 Å². The van der Waals surface area contributed by atoms with Crippen LogP contribution in [-0.4, -0.2) is 12.3 Å². The average molecular weight is 151 g/mol. The summed E-state index contributed by atoms with van der Waals surface area (Å²) in [6, 6.07) is 0. The fourth-order valence-corrected chi connectivity index (χ4v) is 1.83. The van der Waals surface area contributed by atoms with Crippen molar-refractivity contribution in [2.45, 2.75) is 26.4 Å². The van der Waals surface area contributed by atoms with Crippen molar-refractivity contribution >= 4 is 18.7 Å². The van der Waals surface area contributed by atoms with E-state index in [1.165, 1.54) is 0 Å². The Morgan fingerprint density at radius 2 is 1.75 bits per heavy atom. The van der Waals surface area contributed by atoms with E-state index in [0.29, 0.717) is 0 Å². The summed E-state index contributed by atoms with van der Waals surface area (Å²) in [5, 5.41) is 0. The largest absolute Gasteiger partial charge is 0.334 e. The predicted octanol–water partition coefficient (Wildman–Crippen LogP) is 2.29. The second kappa shape index (κ2) is 2.86. The van der Waals surface area contributed by atoms with Crippen molar-refractivity contribution < 1.29 is 4.52 Å². The van der Waals surface area contributed by atoms with Crippen molar-refractivity contribution in [1.29, 1.82) is 0 Å². The summed E-state index contributed by atoms with van der Waals surface area (Å²) >= 11 is 4.87. The van der Waals surface area contributed by atoms with Crippen molar-refractivity contribution in [1.82, 2.24) is 0 Å². The molecule has 0 spiro atoms. The van der Waals surface area contributed by atoms with Gasteiger partial charge in [0.1, 0.15) is 12.3 Å². The predicted molar refractivity (Wildman–Crippen MR) is 41.0 cm³/mol. The summed E-state index contributed by atoms with van der Waals surface area (Å²) < 4.78 is 5.32. The molecule has 0 aromatic carbocycles. The SMILES string of the molecule is C[P+](=S)OC(C)(C)C. The van der Waals surface area contributed by atoms with E-state index in [1.54, 1.807) is 0 Å². The summed E-state index contributed by atoms with van der Waals surface area (Å²) in [6.07, 6.45) is 0. The van der Waals surface area contributed by atoms with Gasteiger partial charge in [-0.2, -0.15) is 4.52 Å². The lowest BCUT2D eigenvalue weighted by Crippen LogP contribution is -2.14. The van der Waals surface area contributed by atoms with Gasteiger partial charge in [-0.3, -0.25) is 0 Å². The molecule has 8 heavy (non-hydrogen) atoms. The Morgan fingerprint density at radius 3 is 1.75 bits per heavy atom. The molecule has 0 heterocycles. The quantitative estimate of drug-likeness (QED) is 0.532. The zero-order chi connectivity index (χ0) is 6.78. The molecule has 0 rings (SSSR count). The molecule has 0 radical (unpaired) electrons. The molecule has 0 aliphatic rings. The van der Waals surface area contributed by atoms with Crippen LogP contribution in [0.4, 0.5) is 0 Å². The molecular weight excluding hydrogens is 139 g/mol. The molecule has 48 valence electrons. The van der Waals surface area contributed by atoms with Gasteiger partial charge in [-0.25, -0.2) is 0 Å². The van der Waals surface area contributed by atoms with E-state index in [0.717, 1.165) is 0 Å². The summed E-state index contributed by atoms with van der Waals surface area (Å²) in [7, 11) is 0. The second-order valence-electron chi connectivity index (χ2n) is 2.64. The molecule has 0 saturated carbocycles. The number of hydrogen-bond donors (Lipinski definition) is 0. The molecule has 0 aliphatic heterocycles. The molecule has 0 N–H and O–H groups in total. The summed E-state index contributed by atoms with van der Waals surface area (Å²) in [5.74, 6) is 0. The average Bonchev–Trinajstić information content (AvgIpc) is 1.21. The zero-order valence-electron chi connectivity index (χ0n) is 5.76. The topological polar surface area (TPSA) is 9.23 Å². The van der Waals surface area contributed by atoms with Gasteiger partial charge in [-0.1, -0.05) is 0 Å². The van der Waals surface area contributed by atoms with Gasteiger partial charge in [0.2, 0.25) is 0 Å². The van der Waals surface area contributed by atoms with E-state index >= 15 is 0 Å². The Kier molecular flexibility index (Phi) is 3.03. The normalized spacial score (nSPS) is 13.8. The van der Waals surface area contributed by atoms with Crippen LogP contribution >= 0.6 is 6.92 Å². The van der Waals surface area contributed by atoms with E-state index in [4.69, 9.17) is 16.3 Å². The molecule has 0 bridgehead atoms. The summed E-state index contributed by atoms with van der Waals surface area (Å²) in [6.45, 7) is 7.36. The highest BCUT2D eigenvalue weighted by atomic mass is 32.4. The highest BCUT2D eigenvalue weighted by Crippen LogP contribution is 2.25. The fourth-order valence-electron chi connectivity index (χ4n) is 0.386. The van der Waals surface area contributed by atoms with Crippen LogP contribution in [0.15, 0.2) is 0 Å². The van der Waals surface area contributed by atoms with E-state index in [2.05, 4.69) is 0 Å². The van der Waals surface area contributed by atoms with Gasteiger partial charge in [-0.05, 0) is 20.8 Å². The van der Waals surface area contributed by atoms with Gasteiger partial charge in [0.25, 0.3) is 0 Å². The highest BCUT2D eigenvalue weighted by Gasteiger charge is 2.18. The Hall–Kier alpha value is 0.480. The lowest BCUT2D eigenvalue weighted by molar-refractivity contribution is 0.157. The van der Waals surface area contributed by atoms with Gasteiger partial charge in [0.15, 0.2) is 11.8 Å². The second-order valence-corrected chi connectivity index (χ2v) is 5.25. The molecule has 0 aromatic rings. The first-order valence-corrected chi connectivity index (χ1v) is 5.24. The van der Waals surface area contributed by atoms with Gasteiger partial charge < -0.3 is 0 Å². The smallest absolute Gasteiger partial charge is 0.163 e. The standard InChI is InChI=1S/C5H12OPS/c1-5(2,3)6-7(4)8/h1-4H3/q+1. The molecule has 0 aromatic heterocycles. The third-order valence-electron chi connectivity index (χ3n) is 0.402. The van der Waals surface area contributed by atoms with Gasteiger partial charge in [0.05, 0.1) is 0 Å². The molecule has 0 fully saturated rings. The molecule has 3 heteroatoms. The Labute approximate surface area is 56.9 Å². The highest BCUT2D eigenvalue weighted by molar-refractivity contribution is 8.02. The van der Waals surface area contributed by atoms with Crippen LogP contribution in [0, 0.1) is 0 Å². The maximum Gasteiger partial charge on any atom is 0.334 e. The lowest BCUT2D eigenvalue weighted by Gasteiger charge is -2.08. The Balaban J connectivity index is 3.55. The van der Waals surface area contributed by atoms with E-state index in [9.17, 15) is 0 Å². The van der Waals surface area contributed by atoms with Crippen molar-refractivity contribution in [3.05, 3.63) is 0 Å². The first-order valence-electron chi connectivity index (χ1n) is 2.52. The summed E-state index contributed by atoms with van der Waals surface area (Å²) in [4.78, 5) is 0. The van der Waals surface area contributed by atoms with Crippen LogP contribution in [0.3, 0.4) is 0 Å². The van der Waals surface area contributed by atoms with E-state index in [-0.39, 0.29) is 5.60 Å². The van der Waals surface area contributed by atoms with Gasteiger partial charge >= 0.3 is 6.92 Å². The Bertz CT molecular complexity index is 95.1. The first kappa shape index (κ1) is 8.48. The lowest BCUT2D eigenvalue weighted by atomic mass is 10.2. The molecule has 1 atom stereocenters. The van der Waals surface area contributed by atoms with Gasteiger partial charge in [0, 0.05) is 0 Å². The first-order chi connectivity index (χ1) is 3.42.